The molecule has 0 amide bonds. The molecule has 0 saturated carbocycles. The maximum absolute atomic E-state index is 11.4. The Hall–Kier alpha value is -1.67. The first-order chi connectivity index (χ1) is 12.5. The van der Waals surface area contributed by atoms with Crippen molar-refractivity contribution in [1.29, 1.82) is 0 Å². The van der Waals surface area contributed by atoms with Gasteiger partial charge >= 0.3 is 5.97 Å². The van der Waals surface area contributed by atoms with Gasteiger partial charge in [0.15, 0.2) is 0 Å². The number of benzene rings is 1. The number of aryl methyl sites for hydroxylation is 1. The Labute approximate surface area is 154 Å². The summed E-state index contributed by atoms with van der Waals surface area (Å²) in [4.78, 5) is 11.4. The van der Waals surface area contributed by atoms with Crippen LogP contribution in [0.1, 0.15) is 43.7 Å². The van der Waals surface area contributed by atoms with Crippen molar-refractivity contribution in [2.45, 2.75) is 64.1 Å². The van der Waals surface area contributed by atoms with Crippen LogP contribution in [0.5, 0.6) is 5.75 Å². The summed E-state index contributed by atoms with van der Waals surface area (Å²) in [5.74, 6) is 0.132. The summed E-state index contributed by atoms with van der Waals surface area (Å²) in [6.45, 7) is 2.50. The standard InChI is InChI=1S/C19H30N2O5/c1-13-8-16(22)10-19(25-13)26-17-9-14(4-2-3-7-20)5-6-15(17)12-24-18(23)11-21/h5-6,9,13,16,19,22H,2-4,7-8,10-12,20-21H2,1H3. The maximum Gasteiger partial charge on any atom is 0.320 e. The molecule has 0 aromatic heterocycles. The second-order valence-electron chi connectivity index (χ2n) is 6.67. The molecule has 0 bridgehead atoms. The Kier molecular flexibility index (Phi) is 8.31. The lowest BCUT2D eigenvalue weighted by Gasteiger charge is -2.32. The van der Waals surface area contributed by atoms with Crippen LogP contribution in [0.4, 0.5) is 0 Å². The molecule has 1 aliphatic heterocycles. The SMILES string of the molecule is CC1CC(O)CC(Oc2cc(CCCCN)ccc2COC(=O)CN)O1. The summed E-state index contributed by atoms with van der Waals surface area (Å²) in [5.41, 5.74) is 12.7. The molecule has 26 heavy (non-hydrogen) atoms. The lowest BCUT2D eigenvalue weighted by Crippen LogP contribution is -2.37. The molecule has 0 spiro atoms. The summed E-state index contributed by atoms with van der Waals surface area (Å²) < 4.78 is 16.9. The quantitative estimate of drug-likeness (QED) is 0.444. The molecule has 7 heteroatoms. The zero-order chi connectivity index (χ0) is 18.9. The molecular weight excluding hydrogens is 336 g/mol. The number of carbonyl (C=O) groups is 1. The zero-order valence-electron chi connectivity index (χ0n) is 15.4. The molecule has 3 atom stereocenters. The smallest absolute Gasteiger partial charge is 0.320 e. The molecule has 0 radical (unpaired) electrons. The Morgan fingerprint density at radius 3 is 2.81 bits per heavy atom. The van der Waals surface area contributed by atoms with Crippen molar-refractivity contribution in [3.05, 3.63) is 29.3 Å². The van der Waals surface area contributed by atoms with Gasteiger partial charge in [0, 0.05) is 12.0 Å². The molecule has 1 fully saturated rings. The highest BCUT2D eigenvalue weighted by Crippen LogP contribution is 2.28. The van der Waals surface area contributed by atoms with Crippen molar-refractivity contribution in [1.82, 2.24) is 0 Å². The molecule has 1 aromatic carbocycles. The van der Waals surface area contributed by atoms with Crippen molar-refractivity contribution in [2.24, 2.45) is 11.5 Å². The molecule has 1 aromatic rings. The van der Waals surface area contributed by atoms with Crippen LogP contribution >= 0.6 is 0 Å². The van der Waals surface area contributed by atoms with Crippen molar-refractivity contribution in [2.75, 3.05) is 13.1 Å². The van der Waals surface area contributed by atoms with Crippen LogP contribution in [0.2, 0.25) is 0 Å². The largest absolute Gasteiger partial charge is 0.464 e. The van der Waals surface area contributed by atoms with Gasteiger partial charge in [0.25, 0.3) is 0 Å². The molecule has 1 heterocycles. The zero-order valence-corrected chi connectivity index (χ0v) is 15.4. The highest BCUT2D eigenvalue weighted by molar-refractivity contribution is 5.71. The first kappa shape index (κ1) is 20.6. The molecule has 5 N–H and O–H groups in total. The number of carbonyl (C=O) groups excluding carboxylic acids is 1. The fraction of sp³-hybridized carbons (Fsp3) is 0.632. The van der Waals surface area contributed by atoms with Gasteiger partial charge in [-0.15, -0.1) is 0 Å². The third-order valence-corrected chi connectivity index (χ3v) is 4.32. The van der Waals surface area contributed by atoms with Crippen molar-refractivity contribution < 1.29 is 24.1 Å². The van der Waals surface area contributed by atoms with Crippen LogP contribution in [0, 0.1) is 0 Å². The minimum Gasteiger partial charge on any atom is -0.464 e. The third-order valence-electron chi connectivity index (χ3n) is 4.32. The number of hydrogen-bond acceptors (Lipinski definition) is 7. The van der Waals surface area contributed by atoms with Crippen LogP contribution in [0.25, 0.3) is 0 Å². The van der Waals surface area contributed by atoms with Gasteiger partial charge in [0.05, 0.1) is 18.8 Å². The number of aliphatic hydroxyl groups is 1. The molecule has 3 unspecified atom stereocenters. The summed E-state index contributed by atoms with van der Waals surface area (Å²) >= 11 is 0. The molecule has 2 rings (SSSR count). The van der Waals surface area contributed by atoms with Gasteiger partial charge in [-0.05, 0) is 50.8 Å². The average molecular weight is 366 g/mol. The van der Waals surface area contributed by atoms with E-state index in [2.05, 4.69) is 0 Å². The molecule has 146 valence electrons. The Morgan fingerprint density at radius 2 is 2.12 bits per heavy atom. The first-order valence-electron chi connectivity index (χ1n) is 9.19. The molecular formula is C19H30N2O5. The highest BCUT2D eigenvalue weighted by Gasteiger charge is 2.27. The van der Waals surface area contributed by atoms with E-state index < -0.39 is 18.4 Å². The number of rotatable bonds is 9. The minimum absolute atomic E-state index is 0.0741. The monoisotopic (exact) mass is 366 g/mol. The fourth-order valence-electron chi connectivity index (χ4n) is 2.96. The van der Waals surface area contributed by atoms with Crippen molar-refractivity contribution >= 4 is 5.97 Å². The number of ether oxygens (including phenoxy) is 3. The molecule has 1 aliphatic rings. The predicted molar refractivity (Wildman–Crippen MR) is 97.5 cm³/mol. The summed E-state index contributed by atoms with van der Waals surface area (Å²) in [6, 6.07) is 5.82. The molecule has 0 aliphatic carbocycles. The number of nitrogens with two attached hydrogens (primary N) is 2. The van der Waals surface area contributed by atoms with Crippen molar-refractivity contribution in [3.63, 3.8) is 0 Å². The van der Waals surface area contributed by atoms with E-state index >= 15 is 0 Å². The normalized spacial score (nSPS) is 22.8. The van der Waals surface area contributed by atoms with Gasteiger partial charge in [0.2, 0.25) is 6.29 Å². The van der Waals surface area contributed by atoms with E-state index in [4.69, 9.17) is 25.7 Å². The topological polar surface area (TPSA) is 117 Å². The van der Waals surface area contributed by atoms with E-state index in [0.717, 1.165) is 30.4 Å². The Morgan fingerprint density at radius 1 is 1.31 bits per heavy atom. The maximum atomic E-state index is 11.4. The Bertz CT molecular complexity index is 571. The highest BCUT2D eigenvalue weighted by atomic mass is 16.7. The lowest BCUT2D eigenvalue weighted by atomic mass is 10.0. The van der Waals surface area contributed by atoms with Gasteiger partial charge in [-0.2, -0.15) is 0 Å². The predicted octanol–water partition coefficient (Wildman–Crippen LogP) is 1.23. The van der Waals surface area contributed by atoms with Gasteiger partial charge in [-0.3, -0.25) is 4.79 Å². The third kappa shape index (κ3) is 6.57. The fourth-order valence-corrected chi connectivity index (χ4v) is 2.96. The van der Waals surface area contributed by atoms with E-state index in [9.17, 15) is 9.90 Å². The van der Waals surface area contributed by atoms with Crippen LogP contribution in [-0.4, -0.2) is 42.7 Å². The van der Waals surface area contributed by atoms with E-state index in [1.807, 2.05) is 25.1 Å². The summed E-state index contributed by atoms with van der Waals surface area (Å²) in [7, 11) is 0. The van der Waals surface area contributed by atoms with Gasteiger partial charge in [-0.25, -0.2) is 0 Å². The van der Waals surface area contributed by atoms with Gasteiger partial charge in [0.1, 0.15) is 12.4 Å². The van der Waals surface area contributed by atoms with Crippen LogP contribution in [0.3, 0.4) is 0 Å². The average Bonchev–Trinajstić information content (AvgIpc) is 2.60. The van der Waals surface area contributed by atoms with Crippen LogP contribution in [-0.2, 0) is 27.3 Å². The number of hydrogen-bond donors (Lipinski definition) is 3. The van der Waals surface area contributed by atoms with E-state index in [-0.39, 0.29) is 19.3 Å². The van der Waals surface area contributed by atoms with Crippen LogP contribution < -0.4 is 16.2 Å². The summed E-state index contributed by atoms with van der Waals surface area (Å²) in [6.07, 6.45) is 2.79. The number of unbranched alkanes of at least 4 members (excludes halogenated alkanes) is 1. The second kappa shape index (κ2) is 10.5. The minimum atomic E-state index is -0.531. The molecule has 1 saturated heterocycles. The van der Waals surface area contributed by atoms with E-state index in [1.165, 1.54) is 0 Å². The molecule has 7 nitrogen and oxygen atoms in total. The lowest BCUT2D eigenvalue weighted by molar-refractivity contribution is -0.170. The van der Waals surface area contributed by atoms with E-state index in [1.54, 1.807) is 0 Å². The van der Waals surface area contributed by atoms with Crippen molar-refractivity contribution in [3.8, 4) is 5.75 Å². The van der Waals surface area contributed by atoms with Crippen LogP contribution in [0.15, 0.2) is 18.2 Å². The number of aliphatic hydroxyl groups excluding tert-OH is 1. The van der Waals surface area contributed by atoms with Gasteiger partial charge in [-0.1, -0.05) is 12.1 Å². The van der Waals surface area contributed by atoms with Gasteiger partial charge < -0.3 is 30.8 Å². The van der Waals surface area contributed by atoms with E-state index in [0.29, 0.717) is 25.1 Å². The number of esters is 1. The summed E-state index contributed by atoms with van der Waals surface area (Å²) in [5, 5.41) is 9.95. The first-order valence-corrected chi connectivity index (χ1v) is 9.19. The Balaban J connectivity index is 2.11. The second-order valence-corrected chi connectivity index (χ2v) is 6.67.